The second-order valence-electron chi connectivity index (χ2n) is 10.3. The van der Waals surface area contributed by atoms with Gasteiger partial charge < -0.3 is 19.9 Å². The number of piperazine rings is 1. The van der Waals surface area contributed by atoms with E-state index < -0.39 is 0 Å². The summed E-state index contributed by atoms with van der Waals surface area (Å²) >= 11 is 0. The van der Waals surface area contributed by atoms with Crippen LogP contribution < -0.4 is 10.5 Å². The topological polar surface area (TPSA) is 72.4 Å². The molecule has 8 heteroatoms. The number of para-hydroxylation sites is 1. The summed E-state index contributed by atoms with van der Waals surface area (Å²) in [6, 6.07) is 15.1. The van der Waals surface area contributed by atoms with Crippen molar-refractivity contribution in [2.24, 2.45) is 0 Å². The van der Waals surface area contributed by atoms with E-state index in [9.17, 15) is 4.39 Å². The normalized spacial score (nSPS) is 21.4. The van der Waals surface area contributed by atoms with Crippen molar-refractivity contribution in [1.82, 2.24) is 24.3 Å². The Hall–Kier alpha value is -3.49. The molecule has 0 amide bonds. The monoisotopic (exact) mass is 500 g/mol. The molecule has 6 rings (SSSR count). The Morgan fingerprint density at radius 2 is 1.59 bits per heavy atom. The highest BCUT2D eigenvalue weighted by Gasteiger charge is 2.30. The van der Waals surface area contributed by atoms with Gasteiger partial charge in [0, 0.05) is 50.0 Å². The molecule has 2 N–H and O–H groups in total. The molecule has 3 heterocycles. The quantitative estimate of drug-likeness (QED) is 0.399. The number of aromatic nitrogens is 3. The average Bonchev–Trinajstić information content (AvgIpc) is 3.32. The van der Waals surface area contributed by atoms with Gasteiger partial charge in [-0.15, -0.1) is 0 Å². The number of fused-ring (bicyclic) bond motifs is 1. The predicted molar refractivity (Wildman–Crippen MR) is 144 cm³/mol. The molecule has 2 aromatic heterocycles. The molecule has 0 bridgehead atoms. The Morgan fingerprint density at radius 3 is 2.32 bits per heavy atom. The summed E-state index contributed by atoms with van der Waals surface area (Å²) in [5.74, 6) is 0.874. The molecule has 1 saturated carbocycles. The Labute approximate surface area is 216 Å². The minimum atomic E-state index is -0.387. The molecule has 1 saturated heterocycles. The van der Waals surface area contributed by atoms with Gasteiger partial charge in [-0.1, -0.05) is 24.3 Å². The maximum absolute atomic E-state index is 14.0. The number of nitrogens with zero attached hydrogens (tertiary/aromatic N) is 5. The van der Waals surface area contributed by atoms with Crippen LogP contribution in [0.2, 0.25) is 0 Å². The van der Waals surface area contributed by atoms with Gasteiger partial charge in [-0.25, -0.2) is 14.4 Å². The van der Waals surface area contributed by atoms with Crippen LogP contribution in [0.4, 0.5) is 10.2 Å². The maximum atomic E-state index is 14.0. The van der Waals surface area contributed by atoms with Crippen LogP contribution in [-0.4, -0.2) is 63.6 Å². The number of hydrogen-bond acceptors (Lipinski definition) is 6. The molecule has 192 valence electrons. The van der Waals surface area contributed by atoms with Gasteiger partial charge in [-0.2, -0.15) is 0 Å². The van der Waals surface area contributed by atoms with Crippen LogP contribution in [-0.2, 0) is 0 Å². The van der Waals surface area contributed by atoms with E-state index in [0.717, 1.165) is 48.1 Å². The molecule has 4 aromatic rings. The summed E-state index contributed by atoms with van der Waals surface area (Å²) < 4.78 is 22.1. The Balaban J connectivity index is 1.24. The van der Waals surface area contributed by atoms with Crippen LogP contribution in [0.25, 0.3) is 22.2 Å². The Kier molecular flexibility index (Phi) is 6.52. The lowest BCUT2D eigenvalue weighted by Gasteiger charge is -2.41. The van der Waals surface area contributed by atoms with E-state index in [1.54, 1.807) is 24.5 Å². The number of nitrogens with two attached hydrogens (primary N) is 1. The predicted octanol–water partition coefficient (Wildman–Crippen LogP) is 5.34. The summed E-state index contributed by atoms with van der Waals surface area (Å²) in [6.07, 6.45) is 8.39. The second kappa shape index (κ2) is 10.1. The lowest BCUT2D eigenvalue weighted by molar-refractivity contribution is 0.0828. The lowest BCUT2D eigenvalue weighted by Crippen LogP contribution is -2.49. The summed E-state index contributed by atoms with van der Waals surface area (Å²) in [6.45, 7) is 4.66. The highest BCUT2D eigenvalue weighted by Crippen LogP contribution is 2.39. The third-order valence-electron chi connectivity index (χ3n) is 7.98. The molecule has 0 spiro atoms. The van der Waals surface area contributed by atoms with Gasteiger partial charge in [0.15, 0.2) is 11.6 Å². The first-order valence-electron chi connectivity index (χ1n) is 13.1. The number of anilines is 1. The van der Waals surface area contributed by atoms with Crippen molar-refractivity contribution in [3.05, 3.63) is 66.9 Å². The van der Waals surface area contributed by atoms with Gasteiger partial charge in [0.25, 0.3) is 0 Å². The number of hydrogen-bond donors (Lipinski definition) is 1. The number of ether oxygens (including phenoxy) is 1. The molecular weight excluding hydrogens is 467 g/mol. The van der Waals surface area contributed by atoms with Crippen molar-refractivity contribution in [2.75, 3.05) is 39.0 Å². The van der Waals surface area contributed by atoms with Crippen molar-refractivity contribution in [3.8, 4) is 22.6 Å². The fraction of sp³-hybridized carbons (Fsp3) is 0.379. The minimum absolute atomic E-state index is 0.205. The van der Waals surface area contributed by atoms with Crippen LogP contribution in [0.15, 0.2) is 61.1 Å². The molecule has 1 aliphatic heterocycles. The van der Waals surface area contributed by atoms with Crippen LogP contribution in [0.1, 0.15) is 31.7 Å². The fourth-order valence-electron chi connectivity index (χ4n) is 5.85. The first kappa shape index (κ1) is 23.9. The van der Waals surface area contributed by atoms with Gasteiger partial charge in [-0.3, -0.25) is 4.90 Å². The third-order valence-corrected chi connectivity index (χ3v) is 7.98. The summed E-state index contributed by atoms with van der Waals surface area (Å²) in [5.41, 5.74) is 9.27. The number of likely N-dealkylation sites (N-methyl/N-ethyl adjacent to an activating group) is 1. The zero-order chi connectivity index (χ0) is 25.4. The van der Waals surface area contributed by atoms with E-state index in [4.69, 9.17) is 10.5 Å². The van der Waals surface area contributed by atoms with Crippen molar-refractivity contribution in [3.63, 3.8) is 0 Å². The molecule has 0 radical (unpaired) electrons. The standard InChI is InChI=1S/C29H33FN6O/c1-34-14-16-35(17-15-34)21-8-10-22(11-9-21)36-18-24(27-28(31)32-19-33-29(27)36)20-6-12-23(13-7-20)37-26-5-3-2-4-25(26)30/h2-7,12-13,18-19,21-22H,8-11,14-17H2,1H3,(H2,31,32,33). The average molecular weight is 501 g/mol. The largest absolute Gasteiger partial charge is 0.454 e. The molecule has 2 aliphatic rings. The second-order valence-corrected chi connectivity index (χ2v) is 10.3. The lowest BCUT2D eigenvalue weighted by atomic mass is 9.89. The zero-order valence-corrected chi connectivity index (χ0v) is 21.2. The number of benzene rings is 2. The Bertz CT molecular complexity index is 1370. The highest BCUT2D eigenvalue weighted by atomic mass is 19.1. The van der Waals surface area contributed by atoms with Gasteiger partial charge in [0.2, 0.25) is 0 Å². The first-order chi connectivity index (χ1) is 18.1. The van der Waals surface area contributed by atoms with E-state index in [0.29, 0.717) is 23.7 Å². The van der Waals surface area contributed by atoms with Gasteiger partial charge in [-0.05, 0) is 62.6 Å². The maximum Gasteiger partial charge on any atom is 0.165 e. The van der Waals surface area contributed by atoms with Gasteiger partial charge >= 0.3 is 0 Å². The van der Waals surface area contributed by atoms with E-state index >= 15 is 0 Å². The fourth-order valence-corrected chi connectivity index (χ4v) is 5.85. The van der Waals surface area contributed by atoms with Gasteiger partial charge in [0.1, 0.15) is 23.5 Å². The first-order valence-corrected chi connectivity index (χ1v) is 13.1. The third kappa shape index (κ3) is 4.79. The van der Waals surface area contributed by atoms with Crippen LogP contribution in [0.5, 0.6) is 11.5 Å². The SMILES string of the molecule is CN1CCN(C2CCC(n3cc(-c4ccc(Oc5ccccc5F)cc4)c4c(N)ncnc43)CC2)CC1. The number of halogens is 1. The van der Waals surface area contributed by atoms with E-state index in [2.05, 4.69) is 37.6 Å². The molecule has 0 atom stereocenters. The number of rotatable bonds is 5. The molecule has 0 unspecified atom stereocenters. The van der Waals surface area contributed by atoms with Crippen molar-refractivity contribution in [1.29, 1.82) is 0 Å². The van der Waals surface area contributed by atoms with E-state index in [1.165, 1.54) is 32.0 Å². The summed E-state index contributed by atoms with van der Waals surface area (Å²) in [4.78, 5) is 14.0. The molecular formula is C29H33FN6O. The number of nitrogen functional groups attached to an aromatic ring is 1. The molecule has 1 aliphatic carbocycles. The molecule has 7 nitrogen and oxygen atoms in total. The zero-order valence-electron chi connectivity index (χ0n) is 21.2. The van der Waals surface area contributed by atoms with Crippen molar-refractivity contribution >= 4 is 16.9 Å². The van der Waals surface area contributed by atoms with Crippen molar-refractivity contribution in [2.45, 2.75) is 37.8 Å². The Morgan fingerprint density at radius 1 is 0.892 bits per heavy atom. The summed E-state index contributed by atoms with van der Waals surface area (Å²) in [7, 11) is 2.21. The van der Waals surface area contributed by atoms with E-state index in [-0.39, 0.29) is 11.6 Å². The van der Waals surface area contributed by atoms with E-state index in [1.807, 2.05) is 24.3 Å². The molecule has 2 aromatic carbocycles. The molecule has 37 heavy (non-hydrogen) atoms. The summed E-state index contributed by atoms with van der Waals surface area (Å²) in [5, 5.41) is 0.881. The smallest absolute Gasteiger partial charge is 0.165 e. The van der Waals surface area contributed by atoms with Crippen molar-refractivity contribution < 1.29 is 9.13 Å². The highest BCUT2D eigenvalue weighted by molar-refractivity contribution is 6.00. The van der Waals surface area contributed by atoms with Gasteiger partial charge in [0.05, 0.1) is 5.39 Å². The van der Waals surface area contributed by atoms with Crippen LogP contribution >= 0.6 is 0 Å². The van der Waals surface area contributed by atoms with Crippen LogP contribution in [0, 0.1) is 5.82 Å². The van der Waals surface area contributed by atoms with Crippen LogP contribution in [0.3, 0.4) is 0 Å². The minimum Gasteiger partial charge on any atom is -0.454 e. The molecule has 2 fully saturated rings.